The van der Waals surface area contributed by atoms with Crippen molar-refractivity contribution in [2.24, 2.45) is 0 Å². The first kappa shape index (κ1) is 12.9. The van der Waals surface area contributed by atoms with Crippen LogP contribution in [0.2, 0.25) is 5.02 Å². The smallest absolute Gasteiger partial charge is 0.124 e. The Hall–Kier alpha value is -0.580. The fourth-order valence-electron chi connectivity index (χ4n) is 1.42. The molecule has 0 aliphatic carbocycles. The highest BCUT2D eigenvalue weighted by Gasteiger charge is 2.05. The van der Waals surface area contributed by atoms with Gasteiger partial charge >= 0.3 is 0 Å². The number of hydrogen-bond acceptors (Lipinski definition) is 2. The van der Waals surface area contributed by atoms with E-state index < -0.39 is 0 Å². The molecule has 1 aromatic heterocycles. The van der Waals surface area contributed by atoms with Crippen molar-refractivity contribution in [3.63, 3.8) is 0 Å². The van der Waals surface area contributed by atoms with Gasteiger partial charge in [0.25, 0.3) is 0 Å². The molecule has 0 aliphatic rings. The molecule has 90 valence electrons. The maximum absolute atomic E-state index is 12.9. The second-order valence-electron chi connectivity index (χ2n) is 3.59. The average Bonchev–Trinajstić information content (AvgIpc) is 2.57. The number of thiophene rings is 1. The fraction of sp³-hybridized carbons (Fsp3) is 0.167. The van der Waals surface area contributed by atoms with Crippen LogP contribution >= 0.6 is 38.9 Å². The summed E-state index contributed by atoms with van der Waals surface area (Å²) in [5.74, 6) is -0.324. The van der Waals surface area contributed by atoms with Crippen molar-refractivity contribution in [2.75, 3.05) is 5.32 Å². The first-order valence-electron chi connectivity index (χ1n) is 5.00. The SMILES string of the molecule is Cc1sc(CNc2ccc(F)cc2Cl)cc1Br. The van der Waals surface area contributed by atoms with E-state index in [4.69, 9.17) is 11.6 Å². The number of nitrogens with one attached hydrogen (secondary N) is 1. The van der Waals surface area contributed by atoms with Crippen LogP contribution in [0.25, 0.3) is 0 Å². The zero-order valence-corrected chi connectivity index (χ0v) is 12.2. The lowest BCUT2D eigenvalue weighted by atomic mass is 10.3. The van der Waals surface area contributed by atoms with Crippen molar-refractivity contribution in [1.82, 2.24) is 0 Å². The maximum Gasteiger partial charge on any atom is 0.124 e. The second kappa shape index (κ2) is 5.38. The Morgan fingerprint density at radius 3 is 2.76 bits per heavy atom. The monoisotopic (exact) mass is 333 g/mol. The minimum atomic E-state index is -0.324. The van der Waals surface area contributed by atoms with Crippen molar-refractivity contribution >= 4 is 44.6 Å². The van der Waals surface area contributed by atoms with E-state index in [2.05, 4.69) is 34.2 Å². The number of benzene rings is 1. The lowest BCUT2D eigenvalue weighted by Crippen LogP contribution is -1.98. The first-order chi connectivity index (χ1) is 8.06. The summed E-state index contributed by atoms with van der Waals surface area (Å²) in [7, 11) is 0. The van der Waals surface area contributed by atoms with Gasteiger partial charge in [-0.3, -0.25) is 0 Å². The summed E-state index contributed by atoms with van der Waals surface area (Å²) in [5, 5.41) is 3.59. The highest BCUT2D eigenvalue weighted by Crippen LogP contribution is 2.28. The van der Waals surface area contributed by atoms with E-state index in [9.17, 15) is 4.39 Å². The van der Waals surface area contributed by atoms with E-state index in [1.807, 2.05) is 0 Å². The summed E-state index contributed by atoms with van der Waals surface area (Å²) in [5.41, 5.74) is 0.746. The molecule has 1 N–H and O–H groups in total. The van der Waals surface area contributed by atoms with Crippen LogP contribution in [-0.2, 0) is 6.54 Å². The summed E-state index contributed by atoms with van der Waals surface area (Å²) in [6.45, 7) is 2.74. The number of aryl methyl sites for hydroxylation is 1. The standard InChI is InChI=1S/C12H10BrClFNS/c1-7-10(13)5-9(17-7)6-16-12-3-2-8(15)4-11(12)14/h2-5,16H,6H2,1H3. The summed E-state index contributed by atoms with van der Waals surface area (Å²) in [4.78, 5) is 2.45. The van der Waals surface area contributed by atoms with Crippen molar-refractivity contribution in [3.05, 3.63) is 49.3 Å². The number of anilines is 1. The zero-order chi connectivity index (χ0) is 12.4. The molecule has 17 heavy (non-hydrogen) atoms. The molecule has 0 radical (unpaired) electrons. The quantitative estimate of drug-likeness (QED) is 0.811. The molecular formula is C12H10BrClFNS. The summed E-state index contributed by atoms with van der Waals surface area (Å²) >= 11 is 11.1. The Morgan fingerprint density at radius 2 is 2.18 bits per heavy atom. The average molecular weight is 335 g/mol. The van der Waals surface area contributed by atoms with Gasteiger partial charge in [-0.15, -0.1) is 11.3 Å². The normalized spacial score (nSPS) is 10.6. The lowest BCUT2D eigenvalue weighted by Gasteiger charge is -2.06. The number of hydrogen-bond donors (Lipinski definition) is 1. The van der Waals surface area contributed by atoms with Gasteiger partial charge in [0.15, 0.2) is 0 Å². The molecule has 0 saturated heterocycles. The van der Waals surface area contributed by atoms with Crippen LogP contribution in [0.15, 0.2) is 28.7 Å². The maximum atomic E-state index is 12.9. The van der Waals surface area contributed by atoms with Gasteiger partial charge < -0.3 is 5.32 Å². The fourth-order valence-corrected chi connectivity index (χ4v) is 3.20. The Balaban J connectivity index is 2.07. The summed E-state index contributed by atoms with van der Waals surface area (Å²) in [6.07, 6.45) is 0. The Morgan fingerprint density at radius 1 is 1.41 bits per heavy atom. The minimum Gasteiger partial charge on any atom is -0.379 e. The molecule has 5 heteroatoms. The molecule has 0 amide bonds. The second-order valence-corrected chi connectivity index (χ2v) is 6.20. The lowest BCUT2D eigenvalue weighted by molar-refractivity contribution is 0.628. The molecule has 0 unspecified atom stereocenters. The van der Waals surface area contributed by atoms with Crippen molar-refractivity contribution < 1.29 is 4.39 Å². The van der Waals surface area contributed by atoms with E-state index in [0.29, 0.717) is 11.6 Å². The van der Waals surface area contributed by atoms with Gasteiger partial charge in [-0.1, -0.05) is 11.6 Å². The Kier molecular flexibility index (Phi) is 4.07. The molecule has 0 atom stereocenters. The van der Waals surface area contributed by atoms with Gasteiger partial charge in [0, 0.05) is 20.8 Å². The third-order valence-corrected chi connectivity index (χ3v) is 4.74. The minimum absolute atomic E-state index is 0.324. The van der Waals surface area contributed by atoms with Gasteiger partial charge in [0.1, 0.15) is 5.82 Å². The molecule has 2 aromatic rings. The van der Waals surface area contributed by atoms with Crippen LogP contribution in [0, 0.1) is 12.7 Å². The first-order valence-corrected chi connectivity index (χ1v) is 6.99. The van der Waals surface area contributed by atoms with Crippen molar-refractivity contribution in [2.45, 2.75) is 13.5 Å². The van der Waals surface area contributed by atoms with E-state index >= 15 is 0 Å². The van der Waals surface area contributed by atoms with Gasteiger partial charge in [-0.2, -0.15) is 0 Å². The van der Waals surface area contributed by atoms with Crippen LogP contribution in [0.3, 0.4) is 0 Å². The third kappa shape index (κ3) is 3.21. The largest absolute Gasteiger partial charge is 0.379 e. The van der Waals surface area contributed by atoms with E-state index in [-0.39, 0.29) is 5.82 Å². The molecule has 2 rings (SSSR count). The number of halogens is 3. The van der Waals surface area contributed by atoms with Gasteiger partial charge in [-0.05, 0) is 47.1 Å². The molecule has 0 bridgehead atoms. The predicted molar refractivity (Wildman–Crippen MR) is 75.5 cm³/mol. The van der Waals surface area contributed by atoms with E-state index in [0.717, 1.165) is 10.2 Å². The Labute approximate surface area is 117 Å². The molecule has 0 aliphatic heterocycles. The van der Waals surface area contributed by atoms with Gasteiger partial charge in [0.2, 0.25) is 0 Å². The topological polar surface area (TPSA) is 12.0 Å². The van der Waals surface area contributed by atoms with Crippen molar-refractivity contribution in [1.29, 1.82) is 0 Å². The molecule has 0 spiro atoms. The van der Waals surface area contributed by atoms with Crippen LogP contribution in [0.5, 0.6) is 0 Å². The molecular weight excluding hydrogens is 325 g/mol. The molecule has 1 nitrogen and oxygen atoms in total. The van der Waals surface area contributed by atoms with Crippen LogP contribution in [-0.4, -0.2) is 0 Å². The molecule has 1 heterocycles. The molecule has 0 saturated carbocycles. The highest BCUT2D eigenvalue weighted by atomic mass is 79.9. The van der Waals surface area contributed by atoms with Crippen LogP contribution in [0.1, 0.15) is 9.75 Å². The zero-order valence-electron chi connectivity index (χ0n) is 9.06. The van der Waals surface area contributed by atoms with Gasteiger partial charge in [0.05, 0.1) is 10.7 Å². The van der Waals surface area contributed by atoms with Gasteiger partial charge in [-0.25, -0.2) is 4.39 Å². The summed E-state index contributed by atoms with van der Waals surface area (Å²) < 4.78 is 14.0. The highest BCUT2D eigenvalue weighted by molar-refractivity contribution is 9.10. The third-order valence-electron chi connectivity index (χ3n) is 2.29. The van der Waals surface area contributed by atoms with E-state index in [1.54, 1.807) is 17.4 Å². The molecule has 0 fully saturated rings. The summed E-state index contributed by atoms with van der Waals surface area (Å²) in [6, 6.07) is 6.42. The van der Waals surface area contributed by atoms with E-state index in [1.165, 1.54) is 21.9 Å². The Bertz CT molecular complexity index is 522. The van der Waals surface area contributed by atoms with Crippen LogP contribution in [0.4, 0.5) is 10.1 Å². The number of rotatable bonds is 3. The predicted octanol–water partition coefficient (Wildman–Crippen LogP) is 5.22. The van der Waals surface area contributed by atoms with Crippen molar-refractivity contribution in [3.8, 4) is 0 Å². The van der Waals surface area contributed by atoms with Crippen LogP contribution < -0.4 is 5.32 Å². The molecule has 1 aromatic carbocycles.